The van der Waals surface area contributed by atoms with Crippen LogP contribution in [0.25, 0.3) is 0 Å². The van der Waals surface area contributed by atoms with Crippen molar-refractivity contribution in [1.29, 1.82) is 0 Å². The van der Waals surface area contributed by atoms with E-state index < -0.39 is 20.2 Å². The molecule has 0 bridgehead atoms. The second-order valence-corrected chi connectivity index (χ2v) is 11.8. The van der Waals surface area contributed by atoms with Crippen molar-refractivity contribution in [3.05, 3.63) is 42.0 Å². The van der Waals surface area contributed by atoms with Gasteiger partial charge in [0.15, 0.2) is 0 Å². The fourth-order valence-electron chi connectivity index (χ4n) is 5.73. The Balaban J connectivity index is 1.12. The number of hydrogen-bond acceptors (Lipinski definition) is 5. The summed E-state index contributed by atoms with van der Waals surface area (Å²) in [6, 6.07) is 5.08. The Morgan fingerprint density at radius 1 is 1.15 bits per heavy atom. The molecule has 1 aliphatic carbocycles. The summed E-state index contributed by atoms with van der Waals surface area (Å²) in [6.07, 6.45) is 6.00. The number of carbonyl (C=O) groups excluding carboxylic acids is 1. The van der Waals surface area contributed by atoms with E-state index in [1.807, 2.05) is 9.80 Å². The molecule has 8 nitrogen and oxygen atoms in total. The molecule has 0 unspecified atom stereocenters. The Labute approximate surface area is 195 Å². The normalized spacial score (nSPS) is 24.6. The fraction of sp³-hybridized carbons (Fsp3) is 0.591. The zero-order chi connectivity index (χ0) is 24.1. The molecule has 1 aromatic carbocycles. The molecule has 3 fully saturated rings. The number of alkyl halides is 3. The van der Waals surface area contributed by atoms with Crippen molar-refractivity contribution in [3.63, 3.8) is 0 Å². The largest absolute Gasteiger partial charge is 0.501 e. The van der Waals surface area contributed by atoms with Gasteiger partial charge in [0.1, 0.15) is 12.2 Å². The Bertz CT molecular complexity index is 1150. The molecule has 1 aromatic heterocycles. The number of urea groups is 1. The number of halogens is 3. The standard InChI is InChI=1S/C22H26F3N5O3S/c23-22(24,25)34(32,33)18-3-1-15(2-4-18)9-16-5-7-21(10-16)12-30(13-21)20(31)29-8-6-17(11-29)19-26-14-27-28-19/h1-4,14,16-17H,5-13H2,(H,26,27,28)/t16-,17+/m1/s1. The van der Waals surface area contributed by atoms with Gasteiger partial charge in [-0.1, -0.05) is 12.1 Å². The predicted molar refractivity (Wildman–Crippen MR) is 115 cm³/mol. The number of nitrogens with zero attached hydrogens (tertiary/aromatic N) is 4. The molecule has 34 heavy (non-hydrogen) atoms. The summed E-state index contributed by atoms with van der Waals surface area (Å²) < 4.78 is 61.2. The van der Waals surface area contributed by atoms with Gasteiger partial charge in [0.05, 0.1) is 4.90 Å². The predicted octanol–water partition coefficient (Wildman–Crippen LogP) is 3.35. The molecule has 184 valence electrons. The van der Waals surface area contributed by atoms with E-state index in [2.05, 4.69) is 15.2 Å². The molecule has 5 rings (SSSR count). The van der Waals surface area contributed by atoms with Gasteiger partial charge in [-0.2, -0.15) is 18.3 Å². The summed E-state index contributed by atoms with van der Waals surface area (Å²) in [6.45, 7) is 2.81. The highest BCUT2D eigenvalue weighted by atomic mass is 32.2. The van der Waals surface area contributed by atoms with Crippen molar-refractivity contribution in [1.82, 2.24) is 25.0 Å². The van der Waals surface area contributed by atoms with Crippen LogP contribution >= 0.6 is 0 Å². The average molecular weight is 498 g/mol. The van der Waals surface area contributed by atoms with Crippen LogP contribution in [0, 0.1) is 11.3 Å². The van der Waals surface area contributed by atoms with Crippen LogP contribution in [0.2, 0.25) is 0 Å². The molecule has 2 atom stereocenters. The fourth-order valence-corrected chi connectivity index (χ4v) is 6.49. The molecule has 2 saturated heterocycles. The van der Waals surface area contributed by atoms with E-state index >= 15 is 0 Å². The number of likely N-dealkylation sites (tertiary alicyclic amines) is 2. The minimum atomic E-state index is -5.32. The number of aromatic amines is 1. The SMILES string of the molecule is O=C(N1CC[C@H](c2ncn[nH]2)C1)N1CC2(CC[C@H](Cc3ccc(S(=O)(=O)C(F)(F)F)cc3)C2)C1. The molecule has 2 aliphatic heterocycles. The lowest BCUT2D eigenvalue weighted by atomic mass is 9.77. The molecule has 1 saturated carbocycles. The van der Waals surface area contributed by atoms with Crippen LogP contribution in [0.5, 0.6) is 0 Å². The van der Waals surface area contributed by atoms with Crippen molar-refractivity contribution in [3.8, 4) is 0 Å². The van der Waals surface area contributed by atoms with Crippen molar-refractivity contribution >= 4 is 15.9 Å². The number of benzene rings is 1. The maximum absolute atomic E-state index is 12.9. The van der Waals surface area contributed by atoms with Gasteiger partial charge in [0, 0.05) is 37.5 Å². The van der Waals surface area contributed by atoms with Gasteiger partial charge >= 0.3 is 11.5 Å². The van der Waals surface area contributed by atoms with Crippen LogP contribution in [0.4, 0.5) is 18.0 Å². The lowest BCUT2D eigenvalue weighted by Crippen LogP contribution is -2.60. The first kappa shape index (κ1) is 23.1. The number of sulfone groups is 1. The summed E-state index contributed by atoms with van der Waals surface area (Å²) >= 11 is 0. The number of amides is 2. The topological polar surface area (TPSA) is 99.3 Å². The van der Waals surface area contributed by atoms with Crippen LogP contribution in [0.3, 0.4) is 0 Å². The molecule has 1 N–H and O–H groups in total. The van der Waals surface area contributed by atoms with Crippen LogP contribution in [-0.4, -0.2) is 71.1 Å². The van der Waals surface area contributed by atoms with Gasteiger partial charge in [0.2, 0.25) is 0 Å². The minimum Gasteiger partial charge on any atom is -0.324 e. The third-order valence-electron chi connectivity index (χ3n) is 7.47. The van der Waals surface area contributed by atoms with Crippen molar-refractivity contribution < 1.29 is 26.4 Å². The first-order valence-corrected chi connectivity index (χ1v) is 12.8. The van der Waals surface area contributed by atoms with Crippen molar-refractivity contribution in [2.24, 2.45) is 11.3 Å². The summed E-state index contributed by atoms with van der Waals surface area (Å²) in [5, 5.41) is 6.77. The molecule has 12 heteroatoms. The number of aromatic nitrogens is 3. The van der Waals surface area contributed by atoms with Crippen LogP contribution in [0.1, 0.15) is 43.0 Å². The zero-order valence-electron chi connectivity index (χ0n) is 18.5. The summed E-state index contributed by atoms with van der Waals surface area (Å²) in [4.78, 5) is 20.2. The summed E-state index contributed by atoms with van der Waals surface area (Å²) in [5.41, 5.74) is -4.36. The highest BCUT2D eigenvalue weighted by molar-refractivity contribution is 7.92. The molecule has 1 spiro atoms. The molecule has 3 heterocycles. The number of H-pyrrole nitrogens is 1. The quantitative estimate of drug-likeness (QED) is 0.699. The molecule has 0 radical (unpaired) electrons. The second-order valence-electron chi connectivity index (χ2n) is 9.85. The van der Waals surface area contributed by atoms with E-state index in [1.165, 1.54) is 18.5 Å². The lowest BCUT2D eigenvalue weighted by Gasteiger charge is -2.49. The Morgan fingerprint density at radius 3 is 2.53 bits per heavy atom. The van der Waals surface area contributed by atoms with Crippen LogP contribution < -0.4 is 0 Å². The summed E-state index contributed by atoms with van der Waals surface area (Å²) in [7, 11) is -5.32. The van der Waals surface area contributed by atoms with Crippen LogP contribution in [0.15, 0.2) is 35.5 Å². The first-order chi connectivity index (χ1) is 16.1. The van der Waals surface area contributed by atoms with Crippen molar-refractivity contribution in [2.45, 2.75) is 48.4 Å². The van der Waals surface area contributed by atoms with Gasteiger partial charge in [-0.05, 0) is 55.7 Å². The maximum atomic E-state index is 12.9. The van der Waals surface area contributed by atoms with Gasteiger partial charge in [-0.3, -0.25) is 5.10 Å². The maximum Gasteiger partial charge on any atom is 0.501 e. The summed E-state index contributed by atoms with van der Waals surface area (Å²) in [5.74, 6) is 1.37. The third-order valence-corrected chi connectivity index (χ3v) is 8.97. The first-order valence-electron chi connectivity index (χ1n) is 11.4. The highest BCUT2D eigenvalue weighted by Crippen LogP contribution is 2.49. The molecular weight excluding hydrogens is 471 g/mol. The van der Waals surface area contributed by atoms with Crippen LogP contribution in [-0.2, 0) is 16.3 Å². The Kier molecular flexibility index (Phi) is 5.61. The monoisotopic (exact) mass is 497 g/mol. The zero-order valence-corrected chi connectivity index (χ0v) is 19.3. The van der Waals surface area contributed by atoms with Gasteiger partial charge in [-0.25, -0.2) is 18.2 Å². The van der Waals surface area contributed by atoms with E-state index in [9.17, 15) is 26.4 Å². The molecule has 2 aromatic rings. The average Bonchev–Trinajstić information content (AvgIpc) is 3.51. The highest BCUT2D eigenvalue weighted by Gasteiger charge is 2.51. The molecular formula is C22H26F3N5O3S. The van der Waals surface area contributed by atoms with Crippen molar-refractivity contribution in [2.75, 3.05) is 26.2 Å². The van der Waals surface area contributed by atoms with Gasteiger partial charge < -0.3 is 9.80 Å². The Hall–Kier alpha value is -2.63. The minimum absolute atomic E-state index is 0.0672. The molecule has 3 aliphatic rings. The molecule has 2 amide bonds. The van der Waals surface area contributed by atoms with Gasteiger partial charge in [-0.15, -0.1) is 0 Å². The number of nitrogens with one attached hydrogen (secondary N) is 1. The van der Waals surface area contributed by atoms with E-state index in [4.69, 9.17) is 0 Å². The van der Waals surface area contributed by atoms with E-state index in [1.54, 1.807) is 0 Å². The van der Waals surface area contributed by atoms with E-state index in [-0.39, 0.29) is 17.4 Å². The van der Waals surface area contributed by atoms with Gasteiger partial charge in [0.25, 0.3) is 9.84 Å². The number of rotatable bonds is 4. The second kappa shape index (κ2) is 8.24. The third kappa shape index (κ3) is 4.16. The lowest BCUT2D eigenvalue weighted by molar-refractivity contribution is -0.0436. The van der Waals surface area contributed by atoms with E-state index in [0.29, 0.717) is 25.4 Å². The Morgan fingerprint density at radius 2 is 1.88 bits per heavy atom. The number of carbonyl (C=O) groups is 1. The van der Waals surface area contributed by atoms with E-state index in [0.717, 1.165) is 62.3 Å². The number of hydrogen-bond donors (Lipinski definition) is 1. The smallest absolute Gasteiger partial charge is 0.324 e.